The smallest absolute Gasteiger partial charge is 0.296 e. The maximum atomic E-state index is 12.3. The van der Waals surface area contributed by atoms with Crippen LogP contribution in [0.4, 0.5) is 5.82 Å². The van der Waals surface area contributed by atoms with Crippen molar-refractivity contribution >= 4 is 11.7 Å². The van der Waals surface area contributed by atoms with Crippen LogP contribution in [-0.4, -0.2) is 26.7 Å². The molecule has 0 spiro atoms. The normalized spacial score (nSPS) is 11.1. The van der Waals surface area contributed by atoms with E-state index in [2.05, 4.69) is 15.4 Å². The van der Waals surface area contributed by atoms with Gasteiger partial charge in [0.15, 0.2) is 0 Å². The Hall–Kier alpha value is -2.17. The van der Waals surface area contributed by atoms with Crippen LogP contribution in [-0.2, 0) is 0 Å². The highest BCUT2D eigenvalue weighted by atomic mass is 16.2. The number of pyridine rings is 1. The number of nitrogens with one attached hydrogen (secondary N) is 1. The van der Waals surface area contributed by atoms with Gasteiger partial charge in [0, 0.05) is 12.2 Å². The summed E-state index contributed by atoms with van der Waals surface area (Å²) in [7, 11) is 0. The van der Waals surface area contributed by atoms with Gasteiger partial charge in [-0.15, -0.1) is 0 Å². The fraction of sp³-hybridized carbons (Fsp3) is 0.400. The predicted octanol–water partition coefficient (Wildman–Crippen LogP) is 2.91. The van der Waals surface area contributed by atoms with E-state index in [0.717, 1.165) is 5.69 Å². The van der Waals surface area contributed by atoms with E-state index in [4.69, 9.17) is 0 Å². The zero-order chi connectivity index (χ0) is 14.7. The van der Waals surface area contributed by atoms with Gasteiger partial charge in [-0.25, -0.2) is 9.67 Å². The highest BCUT2D eigenvalue weighted by Gasteiger charge is 2.13. The van der Waals surface area contributed by atoms with Gasteiger partial charge < -0.3 is 5.32 Å². The summed E-state index contributed by atoms with van der Waals surface area (Å²) in [5.41, 5.74) is 1.28. The lowest BCUT2D eigenvalue weighted by molar-refractivity contribution is 0.0939. The maximum absolute atomic E-state index is 12.3. The van der Waals surface area contributed by atoms with Crippen LogP contribution in [0.1, 0.15) is 49.8 Å². The molecule has 2 heterocycles. The van der Waals surface area contributed by atoms with Crippen molar-refractivity contribution in [1.29, 1.82) is 0 Å². The van der Waals surface area contributed by atoms with E-state index in [1.165, 1.54) is 4.68 Å². The molecule has 0 amide bonds. The zero-order valence-corrected chi connectivity index (χ0v) is 12.3. The molecule has 0 bridgehead atoms. The Morgan fingerprint density at radius 1 is 1.20 bits per heavy atom. The Balaban J connectivity index is 2.23. The van der Waals surface area contributed by atoms with E-state index in [1.807, 2.05) is 45.9 Å². The molecule has 0 aliphatic heterocycles. The molecular weight excluding hydrogens is 252 g/mol. The average Bonchev–Trinajstić information content (AvgIpc) is 2.87. The first-order valence-corrected chi connectivity index (χ1v) is 6.81. The van der Waals surface area contributed by atoms with Crippen molar-refractivity contribution in [3.63, 3.8) is 0 Å². The predicted molar refractivity (Wildman–Crippen MR) is 79.0 cm³/mol. The molecule has 0 aromatic carbocycles. The number of rotatable bonds is 4. The van der Waals surface area contributed by atoms with Crippen molar-refractivity contribution in [2.75, 3.05) is 5.32 Å². The van der Waals surface area contributed by atoms with Crippen molar-refractivity contribution < 1.29 is 4.79 Å². The fourth-order valence-corrected chi connectivity index (χ4v) is 1.81. The van der Waals surface area contributed by atoms with Gasteiger partial charge in [-0.3, -0.25) is 4.79 Å². The molecule has 106 valence electrons. The van der Waals surface area contributed by atoms with Crippen LogP contribution in [0.25, 0.3) is 0 Å². The molecule has 0 radical (unpaired) electrons. The van der Waals surface area contributed by atoms with Crippen LogP contribution >= 0.6 is 0 Å². The summed E-state index contributed by atoms with van der Waals surface area (Å²) >= 11 is 0. The van der Waals surface area contributed by atoms with Crippen LogP contribution in [0.3, 0.4) is 0 Å². The number of hydrogen-bond acceptors (Lipinski definition) is 4. The molecule has 5 heteroatoms. The second kappa shape index (κ2) is 5.86. The molecule has 20 heavy (non-hydrogen) atoms. The fourth-order valence-electron chi connectivity index (χ4n) is 1.81. The molecule has 0 aliphatic carbocycles. The van der Waals surface area contributed by atoms with Gasteiger partial charge in [0.05, 0.1) is 5.69 Å². The van der Waals surface area contributed by atoms with Crippen LogP contribution in [0.15, 0.2) is 30.5 Å². The molecule has 2 aromatic heterocycles. The Morgan fingerprint density at radius 3 is 2.55 bits per heavy atom. The minimum atomic E-state index is -0.218. The lowest BCUT2D eigenvalue weighted by Crippen LogP contribution is -2.17. The number of hydrogen-bond donors (Lipinski definition) is 1. The Morgan fingerprint density at radius 2 is 1.95 bits per heavy atom. The van der Waals surface area contributed by atoms with Gasteiger partial charge in [0.2, 0.25) is 0 Å². The third-order valence-corrected chi connectivity index (χ3v) is 2.81. The first-order valence-electron chi connectivity index (χ1n) is 6.81. The second-order valence-corrected chi connectivity index (χ2v) is 5.35. The highest BCUT2D eigenvalue weighted by Crippen LogP contribution is 2.12. The van der Waals surface area contributed by atoms with Crippen molar-refractivity contribution in [1.82, 2.24) is 14.8 Å². The first kappa shape index (κ1) is 14.2. The SMILES string of the molecule is CC(C)Nc1cccc(C(=O)n2ccc(C(C)C)n2)n1. The third kappa shape index (κ3) is 3.23. The summed E-state index contributed by atoms with van der Waals surface area (Å²) in [5, 5.41) is 7.47. The molecule has 0 aliphatic rings. The zero-order valence-electron chi connectivity index (χ0n) is 12.3. The van der Waals surface area contributed by atoms with Crippen molar-refractivity contribution in [2.45, 2.75) is 39.7 Å². The van der Waals surface area contributed by atoms with Gasteiger partial charge in [-0.05, 0) is 38.0 Å². The average molecular weight is 272 g/mol. The number of anilines is 1. The third-order valence-electron chi connectivity index (χ3n) is 2.81. The summed E-state index contributed by atoms with van der Waals surface area (Å²) in [4.78, 5) is 16.7. The Labute approximate surface area is 119 Å². The monoisotopic (exact) mass is 272 g/mol. The minimum absolute atomic E-state index is 0.218. The van der Waals surface area contributed by atoms with Crippen LogP contribution in [0, 0.1) is 0 Å². The van der Waals surface area contributed by atoms with Crippen molar-refractivity contribution in [2.24, 2.45) is 0 Å². The lowest BCUT2D eigenvalue weighted by atomic mass is 10.1. The Bertz CT molecular complexity index is 601. The summed E-state index contributed by atoms with van der Waals surface area (Å²) < 4.78 is 1.34. The van der Waals surface area contributed by atoms with Gasteiger partial charge >= 0.3 is 0 Å². The van der Waals surface area contributed by atoms with Crippen molar-refractivity contribution in [3.05, 3.63) is 41.9 Å². The first-order chi connectivity index (χ1) is 9.47. The molecule has 0 saturated carbocycles. The molecule has 0 atom stereocenters. The van der Waals surface area contributed by atoms with Gasteiger partial charge in [-0.2, -0.15) is 5.10 Å². The van der Waals surface area contributed by atoms with Crippen LogP contribution in [0.2, 0.25) is 0 Å². The summed E-state index contributed by atoms with van der Waals surface area (Å²) in [5.74, 6) is 0.775. The van der Waals surface area contributed by atoms with E-state index in [9.17, 15) is 4.79 Å². The van der Waals surface area contributed by atoms with E-state index in [0.29, 0.717) is 17.4 Å². The van der Waals surface area contributed by atoms with Gasteiger partial charge in [-0.1, -0.05) is 19.9 Å². The van der Waals surface area contributed by atoms with E-state index >= 15 is 0 Å². The summed E-state index contributed by atoms with van der Waals surface area (Å²) in [6.45, 7) is 8.14. The van der Waals surface area contributed by atoms with Crippen LogP contribution in [0.5, 0.6) is 0 Å². The molecule has 2 rings (SSSR count). The molecule has 0 unspecified atom stereocenters. The number of carbonyl (C=O) groups is 1. The number of nitrogens with zero attached hydrogens (tertiary/aromatic N) is 3. The largest absolute Gasteiger partial charge is 0.368 e. The molecule has 0 saturated heterocycles. The number of aromatic nitrogens is 3. The maximum Gasteiger partial charge on any atom is 0.296 e. The van der Waals surface area contributed by atoms with E-state index in [1.54, 1.807) is 12.3 Å². The number of carbonyl (C=O) groups excluding carboxylic acids is 1. The summed E-state index contributed by atoms with van der Waals surface area (Å²) in [6.07, 6.45) is 1.68. The second-order valence-electron chi connectivity index (χ2n) is 5.35. The molecule has 5 nitrogen and oxygen atoms in total. The molecule has 2 aromatic rings. The Kier molecular flexibility index (Phi) is 4.17. The van der Waals surface area contributed by atoms with Crippen molar-refractivity contribution in [3.8, 4) is 0 Å². The van der Waals surface area contributed by atoms with Crippen LogP contribution < -0.4 is 5.32 Å². The highest BCUT2D eigenvalue weighted by molar-refractivity contribution is 5.93. The minimum Gasteiger partial charge on any atom is -0.368 e. The van der Waals surface area contributed by atoms with E-state index in [-0.39, 0.29) is 11.9 Å². The summed E-state index contributed by atoms with van der Waals surface area (Å²) in [6, 6.07) is 7.49. The molecular formula is C15H20N4O. The molecule has 0 fully saturated rings. The topological polar surface area (TPSA) is 59.8 Å². The lowest BCUT2D eigenvalue weighted by Gasteiger charge is -2.09. The van der Waals surface area contributed by atoms with Gasteiger partial charge in [0.1, 0.15) is 11.5 Å². The quantitative estimate of drug-likeness (QED) is 0.929. The van der Waals surface area contributed by atoms with Gasteiger partial charge in [0.25, 0.3) is 5.91 Å². The molecule has 1 N–H and O–H groups in total. The van der Waals surface area contributed by atoms with E-state index < -0.39 is 0 Å². The standard InChI is InChI=1S/C15H20N4O/c1-10(2)12-8-9-19(18-12)15(20)13-6-5-7-14(17-13)16-11(3)4/h5-11H,1-4H3,(H,16,17).